The number of fused-ring (bicyclic) bond motifs is 3. The van der Waals surface area contributed by atoms with E-state index >= 15 is 0 Å². The lowest BCUT2D eigenvalue weighted by Gasteiger charge is -2.40. The molecule has 0 N–H and O–H groups in total. The van der Waals surface area contributed by atoms with Gasteiger partial charge in [0.2, 0.25) is 0 Å². The van der Waals surface area contributed by atoms with E-state index in [1.165, 1.54) is 6.07 Å². The van der Waals surface area contributed by atoms with Crippen molar-refractivity contribution in [2.24, 2.45) is 0 Å². The molecule has 1 aromatic heterocycles. The van der Waals surface area contributed by atoms with Crippen LogP contribution in [0.25, 0.3) is 11.0 Å². The predicted molar refractivity (Wildman–Crippen MR) is 130 cm³/mol. The van der Waals surface area contributed by atoms with E-state index in [0.29, 0.717) is 16.7 Å². The highest BCUT2D eigenvalue weighted by Crippen LogP contribution is 2.53. The number of hydrogen-bond donors (Lipinski definition) is 0. The van der Waals surface area contributed by atoms with Gasteiger partial charge >= 0.3 is 0 Å². The summed E-state index contributed by atoms with van der Waals surface area (Å²) in [5.41, 5.74) is 6.91. The average Bonchev–Trinajstić information content (AvgIpc) is 2.82. The molecule has 1 aliphatic heterocycles. The molecule has 0 unspecified atom stereocenters. The Morgan fingerprint density at radius 3 is 1.72 bits per heavy atom. The molecule has 32 heavy (non-hydrogen) atoms. The Hall–Kier alpha value is -4.31. The molecule has 0 atom stereocenters. The molecule has 0 bridgehead atoms. The summed E-state index contributed by atoms with van der Waals surface area (Å²) in [5.74, 6) is 0.606. The maximum Gasteiger partial charge on any atom is 0.192 e. The summed E-state index contributed by atoms with van der Waals surface area (Å²) < 4.78 is 5.90. The minimum atomic E-state index is -0.0232. The summed E-state index contributed by atoms with van der Waals surface area (Å²) in [5, 5.41) is 0.587. The van der Waals surface area contributed by atoms with Crippen molar-refractivity contribution in [2.45, 2.75) is 6.92 Å². The van der Waals surface area contributed by atoms with Gasteiger partial charge in [0.1, 0.15) is 11.3 Å². The lowest BCUT2D eigenvalue weighted by Crippen LogP contribution is -2.23. The third-order valence-corrected chi connectivity index (χ3v) is 5.84. The zero-order valence-corrected chi connectivity index (χ0v) is 17.5. The van der Waals surface area contributed by atoms with Gasteiger partial charge in [-0.2, -0.15) is 0 Å². The maximum atomic E-state index is 12.4. The van der Waals surface area contributed by atoms with E-state index in [9.17, 15) is 4.79 Å². The van der Waals surface area contributed by atoms with Crippen molar-refractivity contribution in [1.29, 1.82) is 0 Å². The molecule has 0 radical (unpaired) electrons. The van der Waals surface area contributed by atoms with E-state index in [2.05, 4.69) is 70.5 Å². The summed E-state index contributed by atoms with van der Waals surface area (Å²) in [7, 11) is 0. The molecule has 5 aromatic rings. The number of nitrogens with zero attached hydrogens (tertiary/aromatic N) is 2. The smallest absolute Gasteiger partial charge is 0.192 e. The van der Waals surface area contributed by atoms with Gasteiger partial charge in [-0.1, -0.05) is 42.5 Å². The van der Waals surface area contributed by atoms with Gasteiger partial charge in [-0.25, -0.2) is 0 Å². The molecule has 4 heteroatoms. The number of rotatable bonds is 2. The van der Waals surface area contributed by atoms with Gasteiger partial charge in [-0.15, -0.1) is 0 Å². The van der Waals surface area contributed by atoms with Crippen LogP contribution >= 0.6 is 0 Å². The van der Waals surface area contributed by atoms with Crippen LogP contribution in [0.2, 0.25) is 0 Å². The molecule has 0 amide bonds. The molecule has 4 aromatic carbocycles. The lowest BCUT2D eigenvalue weighted by atomic mass is 10.0. The van der Waals surface area contributed by atoms with Gasteiger partial charge in [0.25, 0.3) is 0 Å². The molecule has 0 aliphatic carbocycles. The minimum Gasteiger partial charge on any atom is -0.461 e. The van der Waals surface area contributed by atoms with Crippen molar-refractivity contribution >= 4 is 45.1 Å². The van der Waals surface area contributed by atoms with Crippen LogP contribution in [0.15, 0.2) is 112 Å². The predicted octanol–water partition coefficient (Wildman–Crippen LogP) is 7.35. The van der Waals surface area contributed by atoms with Crippen LogP contribution in [0.3, 0.4) is 0 Å². The van der Waals surface area contributed by atoms with Crippen LogP contribution in [-0.2, 0) is 0 Å². The number of aryl methyl sites for hydroxylation is 1. The topological polar surface area (TPSA) is 36.7 Å². The van der Waals surface area contributed by atoms with Gasteiger partial charge < -0.3 is 14.2 Å². The summed E-state index contributed by atoms with van der Waals surface area (Å²) in [4.78, 5) is 16.9. The van der Waals surface area contributed by atoms with Gasteiger partial charge in [0.05, 0.1) is 33.8 Å². The number of benzene rings is 4. The largest absolute Gasteiger partial charge is 0.461 e. The van der Waals surface area contributed by atoms with Crippen LogP contribution in [0.5, 0.6) is 0 Å². The van der Waals surface area contributed by atoms with Gasteiger partial charge in [0, 0.05) is 17.8 Å². The normalized spacial score (nSPS) is 12.5. The van der Waals surface area contributed by atoms with E-state index < -0.39 is 0 Å². The first-order valence-electron chi connectivity index (χ1n) is 10.6. The highest BCUT2D eigenvalue weighted by atomic mass is 16.3. The van der Waals surface area contributed by atoms with Crippen LogP contribution in [0.4, 0.5) is 34.1 Å². The molecule has 6 rings (SSSR count). The second kappa shape index (κ2) is 7.13. The van der Waals surface area contributed by atoms with Gasteiger partial charge in [-0.3, -0.25) is 4.79 Å². The quantitative estimate of drug-likeness (QED) is 0.296. The third kappa shape index (κ3) is 2.81. The Kier molecular flexibility index (Phi) is 4.12. The Morgan fingerprint density at radius 2 is 1.12 bits per heavy atom. The Labute approximate surface area is 185 Å². The van der Waals surface area contributed by atoms with E-state index in [-0.39, 0.29) is 5.43 Å². The standard InChI is InChI=1S/C28H20N2O2/c1-19-17-27(31)22-16-15-21(18-28(22)32-19)30-25-13-7-5-11-23(25)29(20-9-3-2-4-10-20)24-12-6-8-14-26(24)30/h2-18H,1H3. The molecule has 1 aliphatic rings. The van der Waals surface area contributed by atoms with E-state index in [1.807, 2.05) is 36.4 Å². The molecule has 0 saturated heterocycles. The first-order chi connectivity index (χ1) is 15.7. The first kappa shape index (κ1) is 18.5. The van der Waals surface area contributed by atoms with Gasteiger partial charge in [0.15, 0.2) is 5.43 Å². The lowest BCUT2D eigenvalue weighted by molar-refractivity contribution is 0.565. The average molecular weight is 416 g/mol. The summed E-state index contributed by atoms with van der Waals surface area (Å²) in [6, 6.07) is 34.4. The van der Waals surface area contributed by atoms with Gasteiger partial charge in [-0.05, 0) is 55.5 Å². The van der Waals surface area contributed by atoms with Crippen LogP contribution < -0.4 is 15.2 Å². The van der Waals surface area contributed by atoms with Crippen LogP contribution in [-0.4, -0.2) is 0 Å². The summed E-state index contributed by atoms with van der Waals surface area (Å²) in [6.07, 6.45) is 0. The van der Waals surface area contributed by atoms with Crippen molar-refractivity contribution in [2.75, 3.05) is 9.80 Å². The molecule has 0 fully saturated rings. The second-order valence-corrected chi connectivity index (χ2v) is 7.89. The fraction of sp³-hybridized carbons (Fsp3) is 0.0357. The van der Waals surface area contributed by atoms with E-state index in [4.69, 9.17) is 4.42 Å². The molecule has 154 valence electrons. The Bertz CT molecular complexity index is 1470. The van der Waals surface area contributed by atoms with Crippen molar-refractivity contribution in [3.05, 3.63) is 119 Å². The zero-order chi connectivity index (χ0) is 21.7. The van der Waals surface area contributed by atoms with Crippen molar-refractivity contribution in [3.8, 4) is 0 Å². The third-order valence-electron chi connectivity index (χ3n) is 5.84. The summed E-state index contributed by atoms with van der Waals surface area (Å²) in [6.45, 7) is 1.80. The van der Waals surface area contributed by atoms with Crippen molar-refractivity contribution < 1.29 is 4.42 Å². The fourth-order valence-corrected chi connectivity index (χ4v) is 4.48. The highest BCUT2D eigenvalue weighted by molar-refractivity contribution is 6.02. The van der Waals surface area contributed by atoms with Crippen LogP contribution in [0.1, 0.15) is 5.76 Å². The van der Waals surface area contributed by atoms with Crippen molar-refractivity contribution in [3.63, 3.8) is 0 Å². The van der Waals surface area contributed by atoms with E-state index in [1.54, 1.807) is 6.92 Å². The van der Waals surface area contributed by atoms with E-state index in [0.717, 1.165) is 34.1 Å². The number of hydrogen-bond acceptors (Lipinski definition) is 4. The highest BCUT2D eigenvalue weighted by Gasteiger charge is 2.30. The second-order valence-electron chi connectivity index (χ2n) is 7.89. The molecule has 0 spiro atoms. The SMILES string of the molecule is Cc1cc(=O)c2ccc(N3c4ccccc4N(c4ccccc4)c4ccccc43)cc2o1. The summed E-state index contributed by atoms with van der Waals surface area (Å²) >= 11 is 0. The molecule has 0 saturated carbocycles. The zero-order valence-electron chi connectivity index (χ0n) is 17.5. The Morgan fingerprint density at radius 1 is 0.594 bits per heavy atom. The molecule has 4 nitrogen and oxygen atoms in total. The van der Waals surface area contributed by atoms with Crippen molar-refractivity contribution in [1.82, 2.24) is 0 Å². The number of para-hydroxylation sites is 5. The fourth-order valence-electron chi connectivity index (χ4n) is 4.48. The molecular weight excluding hydrogens is 396 g/mol. The number of anilines is 6. The van der Waals surface area contributed by atoms with Crippen LogP contribution in [0, 0.1) is 6.92 Å². The first-order valence-corrected chi connectivity index (χ1v) is 10.6. The Balaban J connectivity index is 1.62. The molecule has 2 heterocycles. The monoisotopic (exact) mass is 416 g/mol. The maximum absolute atomic E-state index is 12.4. The minimum absolute atomic E-state index is 0.0232. The molecular formula is C28H20N2O2.